The number of phenols is 2. The second-order valence-corrected chi connectivity index (χ2v) is 9.48. The molecule has 0 bridgehead atoms. The number of imidazole rings is 1. The van der Waals surface area contributed by atoms with Crippen LogP contribution in [0, 0.1) is 0 Å². The Kier molecular flexibility index (Phi) is 8.83. The number of aryl methyl sites for hydroxylation is 1. The summed E-state index contributed by atoms with van der Waals surface area (Å²) in [6.07, 6.45) is 3.44. The molecule has 0 saturated heterocycles. The molecule has 0 spiro atoms. The summed E-state index contributed by atoms with van der Waals surface area (Å²) in [5.41, 5.74) is 10.3. The Balaban J connectivity index is 1.64. The fourth-order valence-corrected chi connectivity index (χ4v) is 4.52. The van der Waals surface area contributed by atoms with Gasteiger partial charge in [-0.15, -0.1) is 0 Å². The Morgan fingerprint density at radius 1 is 1.14 bits per heavy atom. The minimum Gasteiger partial charge on any atom is -0.508 e. The topological polar surface area (TPSA) is 136 Å². The van der Waals surface area contributed by atoms with Gasteiger partial charge in [-0.3, -0.25) is 4.79 Å². The average molecular weight is 570 g/mol. The molecule has 0 atom stereocenters. The van der Waals surface area contributed by atoms with E-state index in [1.807, 2.05) is 18.2 Å². The molecule has 9 nitrogen and oxygen atoms in total. The maximum atomic E-state index is 11.3. The fourth-order valence-electron chi connectivity index (χ4n) is 4.33. The van der Waals surface area contributed by atoms with Gasteiger partial charge in [0, 0.05) is 23.9 Å². The van der Waals surface area contributed by atoms with Crippen LogP contribution in [0.4, 0.5) is 5.82 Å². The zero-order chi connectivity index (χ0) is 26.4. The summed E-state index contributed by atoms with van der Waals surface area (Å²) < 4.78 is 7.73. The molecule has 0 aliphatic heterocycles. The zero-order valence-electron chi connectivity index (χ0n) is 20.8. The summed E-state index contributed by atoms with van der Waals surface area (Å²) >= 11 is 3.11. The van der Waals surface area contributed by atoms with Gasteiger partial charge >= 0.3 is 0 Å². The Morgan fingerprint density at radius 3 is 2.76 bits per heavy atom. The molecule has 0 fully saturated rings. The number of ether oxygens (including phenoxy) is 1. The van der Waals surface area contributed by atoms with Crippen LogP contribution < -0.4 is 11.1 Å². The van der Waals surface area contributed by atoms with E-state index in [4.69, 9.17) is 15.5 Å². The summed E-state index contributed by atoms with van der Waals surface area (Å²) in [5, 5.41) is 24.4. The van der Waals surface area contributed by atoms with E-state index in [2.05, 4.69) is 37.7 Å². The third kappa shape index (κ3) is 6.31. The largest absolute Gasteiger partial charge is 0.508 e. The maximum Gasteiger partial charge on any atom is 0.230 e. The quantitative estimate of drug-likeness (QED) is 0.115. The highest BCUT2D eigenvalue weighted by atomic mass is 79.9. The smallest absolute Gasteiger partial charge is 0.230 e. The molecule has 37 heavy (non-hydrogen) atoms. The van der Waals surface area contributed by atoms with Crippen molar-refractivity contribution >= 4 is 49.6 Å². The van der Waals surface area contributed by atoms with Gasteiger partial charge in [0.2, 0.25) is 5.91 Å². The van der Waals surface area contributed by atoms with E-state index >= 15 is 0 Å². The summed E-state index contributed by atoms with van der Waals surface area (Å²) in [4.78, 5) is 20.8. The van der Waals surface area contributed by atoms with Crippen LogP contribution in [0.25, 0.3) is 21.9 Å². The number of nitrogen functional groups attached to an aromatic ring is 1. The molecule has 0 unspecified atom stereocenters. The number of phenolic OH excluding ortho intramolecular Hbond substituents is 2. The molecule has 4 rings (SSSR count). The van der Waals surface area contributed by atoms with Crippen molar-refractivity contribution in [1.29, 1.82) is 0 Å². The minimum absolute atomic E-state index is 0.0653. The van der Waals surface area contributed by atoms with Gasteiger partial charge in [-0.1, -0.05) is 41.4 Å². The number of hydrogen-bond donors (Lipinski definition) is 4. The Bertz CT molecular complexity index is 1410. The number of hydrogen-bond acceptors (Lipinski definition) is 7. The molecule has 2 heterocycles. The van der Waals surface area contributed by atoms with E-state index in [9.17, 15) is 15.0 Å². The van der Waals surface area contributed by atoms with Gasteiger partial charge < -0.3 is 30.6 Å². The number of fused-ring (bicyclic) bond motifs is 3. The second kappa shape index (κ2) is 12.2. The van der Waals surface area contributed by atoms with Crippen LogP contribution in [0.5, 0.6) is 11.5 Å². The summed E-state index contributed by atoms with van der Waals surface area (Å²) in [7, 11) is 0. The van der Waals surface area contributed by atoms with Crippen molar-refractivity contribution in [3.63, 3.8) is 0 Å². The number of unbranched alkanes of at least 4 members (excludes halogenated alkanes) is 1. The lowest BCUT2D eigenvalue weighted by Gasteiger charge is -2.13. The predicted octanol–water partition coefficient (Wildman–Crippen LogP) is 4.04. The predicted molar refractivity (Wildman–Crippen MR) is 148 cm³/mol. The molecule has 5 N–H and O–H groups in total. The van der Waals surface area contributed by atoms with Gasteiger partial charge in [0.25, 0.3) is 0 Å². The molecule has 2 aromatic heterocycles. The first-order valence-electron chi connectivity index (χ1n) is 12.4. The number of alkyl halides is 1. The van der Waals surface area contributed by atoms with E-state index in [0.29, 0.717) is 49.6 Å². The molecule has 2 aromatic carbocycles. The molecule has 1 amide bonds. The molecule has 0 aliphatic carbocycles. The highest BCUT2D eigenvalue weighted by Gasteiger charge is 2.19. The van der Waals surface area contributed by atoms with Crippen molar-refractivity contribution in [2.24, 2.45) is 0 Å². The first-order chi connectivity index (χ1) is 17.9. The lowest BCUT2D eigenvalue weighted by atomic mass is 10.1. The molecular formula is C27H32BrN5O4. The molecule has 0 radical (unpaired) electrons. The number of carbonyl (C=O) groups is 1. The number of nitrogens with zero attached hydrogens (tertiary/aromatic N) is 3. The SMILES string of the molecule is CCCCc1nc2c(N)nc3cc(CCOCCNC(=O)CBr)ccc3c2n1Cc1cc(O)ccc1O. The normalized spacial score (nSPS) is 11.4. The first kappa shape index (κ1) is 26.7. The van der Waals surface area contributed by atoms with Crippen molar-refractivity contribution in [1.82, 2.24) is 19.9 Å². The standard InChI is InChI=1S/C27H32BrN5O4/c1-2-3-4-23-32-25-26(33(23)16-18-14-19(34)6-8-22(18)35)20-7-5-17(13-21(20)31-27(25)29)9-11-37-12-10-30-24(36)15-28/h5-8,13-14,34-35H,2-4,9-12,15-16H2,1H3,(H2,29,31)(H,30,36). The molecule has 196 valence electrons. The highest BCUT2D eigenvalue weighted by Crippen LogP contribution is 2.32. The third-order valence-electron chi connectivity index (χ3n) is 6.22. The number of pyridine rings is 1. The van der Waals surface area contributed by atoms with E-state index in [1.54, 1.807) is 6.07 Å². The van der Waals surface area contributed by atoms with Crippen molar-refractivity contribution < 1.29 is 19.7 Å². The lowest BCUT2D eigenvalue weighted by molar-refractivity contribution is -0.118. The van der Waals surface area contributed by atoms with Crippen LogP contribution in [-0.2, 0) is 28.9 Å². The van der Waals surface area contributed by atoms with Gasteiger partial charge in [-0.2, -0.15) is 0 Å². The van der Waals surface area contributed by atoms with Crippen LogP contribution >= 0.6 is 15.9 Å². The Hall–Kier alpha value is -3.37. The van der Waals surface area contributed by atoms with E-state index < -0.39 is 0 Å². The summed E-state index contributed by atoms with van der Waals surface area (Å²) in [5.74, 6) is 1.36. The number of anilines is 1. The van der Waals surface area contributed by atoms with E-state index in [1.165, 1.54) is 12.1 Å². The van der Waals surface area contributed by atoms with Crippen LogP contribution in [0.1, 0.15) is 36.7 Å². The van der Waals surface area contributed by atoms with E-state index in [-0.39, 0.29) is 22.7 Å². The van der Waals surface area contributed by atoms with Gasteiger partial charge in [0.1, 0.15) is 22.8 Å². The minimum atomic E-state index is -0.0653. The third-order valence-corrected chi connectivity index (χ3v) is 6.73. The van der Waals surface area contributed by atoms with Crippen molar-refractivity contribution in [2.75, 3.05) is 30.8 Å². The number of aromatic nitrogens is 3. The number of rotatable bonds is 12. The monoisotopic (exact) mass is 569 g/mol. The molecule has 4 aromatic rings. The number of halogens is 1. The summed E-state index contributed by atoms with van der Waals surface area (Å²) in [6, 6.07) is 10.6. The summed E-state index contributed by atoms with van der Waals surface area (Å²) in [6.45, 7) is 3.90. The number of nitrogens with two attached hydrogens (primary N) is 1. The number of benzene rings is 2. The molecular weight excluding hydrogens is 538 g/mol. The van der Waals surface area contributed by atoms with Crippen molar-refractivity contribution in [2.45, 2.75) is 39.2 Å². The van der Waals surface area contributed by atoms with Crippen LogP contribution in [-0.4, -0.2) is 55.7 Å². The molecule has 10 heteroatoms. The van der Waals surface area contributed by atoms with Gasteiger partial charge in [-0.25, -0.2) is 9.97 Å². The zero-order valence-corrected chi connectivity index (χ0v) is 22.4. The number of aromatic hydroxyl groups is 2. The van der Waals surface area contributed by atoms with Gasteiger partial charge in [0.15, 0.2) is 5.82 Å². The van der Waals surface area contributed by atoms with Crippen molar-refractivity contribution in [3.8, 4) is 11.5 Å². The molecule has 0 saturated carbocycles. The highest BCUT2D eigenvalue weighted by molar-refractivity contribution is 9.09. The fraction of sp³-hybridized carbons (Fsp3) is 0.370. The van der Waals surface area contributed by atoms with Crippen molar-refractivity contribution in [3.05, 3.63) is 53.3 Å². The number of carbonyl (C=O) groups excluding carboxylic acids is 1. The molecule has 0 aliphatic rings. The maximum absolute atomic E-state index is 11.3. The second-order valence-electron chi connectivity index (χ2n) is 8.92. The number of amides is 1. The van der Waals surface area contributed by atoms with E-state index in [0.717, 1.165) is 47.1 Å². The average Bonchev–Trinajstić information content (AvgIpc) is 3.25. The number of nitrogens with one attached hydrogen (secondary N) is 1. The first-order valence-corrected chi connectivity index (χ1v) is 13.5. The van der Waals surface area contributed by atoms with Crippen LogP contribution in [0.3, 0.4) is 0 Å². The lowest BCUT2D eigenvalue weighted by Crippen LogP contribution is -2.28. The van der Waals surface area contributed by atoms with Crippen LogP contribution in [0.15, 0.2) is 36.4 Å². The Labute approximate surface area is 223 Å². The Morgan fingerprint density at radius 2 is 1.97 bits per heavy atom. The van der Waals surface area contributed by atoms with Gasteiger partial charge in [-0.05, 0) is 42.7 Å². The van der Waals surface area contributed by atoms with Crippen LogP contribution in [0.2, 0.25) is 0 Å². The van der Waals surface area contributed by atoms with Gasteiger partial charge in [0.05, 0.1) is 36.1 Å².